The highest BCUT2D eigenvalue weighted by Gasteiger charge is 2.23. The molecule has 0 unspecified atom stereocenters. The van der Waals surface area contributed by atoms with Gasteiger partial charge in [-0.1, -0.05) is 48.5 Å². The zero-order valence-corrected chi connectivity index (χ0v) is 11.2. The summed E-state index contributed by atoms with van der Waals surface area (Å²) in [6.07, 6.45) is 0. The maximum absolute atomic E-state index is 14.5. The van der Waals surface area contributed by atoms with Gasteiger partial charge in [0.15, 0.2) is 0 Å². The lowest BCUT2D eigenvalue weighted by Gasteiger charge is -2.11. The topological polar surface area (TPSA) is 43.4 Å². The lowest BCUT2D eigenvalue weighted by molar-refractivity contribution is 0.439. The van der Waals surface area contributed by atoms with Gasteiger partial charge in [-0.15, -0.1) is 0 Å². The summed E-state index contributed by atoms with van der Waals surface area (Å²) in [5, 5.41) is 1.04. The summed E-state index contributed by atoms with van der Waals surface area (Å²) in [4.78, 5) is -0.0555. The second-order valence-electron chi connectivity index (χ2n) is 4.31. The summed E-state index contributed by atoms with van der Waals surface area (Å²) in [6, 6.07) is 12.8. The summed E-state index contributed by atoms with van der Waals surface area (Å²) < 4.78 is 43.1. The normalized spacial score (nSPS) is 12.1. The van der Waals surface area contributed by atoms with E-state index in [1.165, 1.54) is 0 Å². The van der Waals surface area contributed by atoms with Crippen molar-refractivity contribution in [2.75, 3.05) is 0 Å². The molecule has 101 valence electrons. The molecular formula is C15H10FO3S. The number of halogens is 1. The SMILES string of the molecule is [CH2]OS(=O)(=O)c1c2ccccc2c(F)c2ccccc12. The van der Waals surface area contributed by atoms with Crippen LogP contribution in [0.2, 0.25) is 0 Å². The number of benzene rings is 3. The maximum Gasteiger partial charge on any atom is 0.298 e. The molecule has 0 aliphatic rings. The first-order valence-corrected chi connectivity index (χ1v) is 7.24. The van der Waals surface area contributed by atoms with Crippen LogP contribution in [0, 0.1) is 12.9 Å². The second kappa shape index (κ2) is 4.54. The summed E-state index contributed by atoms with van der Waals surface area (Å²) in [7, 11) is -1.06. The standard InChI is InChI=1S/C15H10FO3S/c1-19-20(17,18)15-12-8-4-2-6-10(12)14(16)11-7-3-5-9-13(11)15/h2-9H,1H2. The van der Waals surface area contributed by atoms with Crippen molar-refractivity contribution in [3.05, 3.63) is 61.5 Å². The Hall–Kier alpha value is -1.98. The molecule has 0 spiro atoms. The molecule has 0 aliphatic carbocycles. The molecule has 3 aromatic carbocycles. The first-order chi connectivity index (χ1) is 9.56. The van der Waals surface area contributed by atoms with E-state index in [1.54, 1.807) is 48.5 Å². The third-order valence-corrected chi connectivity index (χ3v) is 4.47. The fourth-order valence-corrected chi connectivity index (χ4v) is 3.38. The van der Waals surface area contributed by atoms with Gasteiger partial charge in [0.05, 0.1) is 7.11 Å². The molecule has 20 heavy (non-hydrogen) atoms. The highest BCUT2D eigenvalue weighted by Crippen LogP contribution is 2.35. The van der Waals surface area contributed by atoms with Crippen molar-refractivity contribution in [1.82, 2.24) is 0 Å². The van der Waals surface area contributed by atoms with Crippen molar-refractivity contribution in [2.45, 2.75) is 4.90 Å². The Morgan fingerprint density at radius 3 is 1.65 bits per heavy atom. The highest BCUT2D eigenvalue weighted by molar-refractivity contribution is 7.87. The molecular weight excluding hydrogens is 279 g/mol. The van der Waals surface area contributed by atoms with E-state index in [1.807, 2.05) is 0 Å². The highest BCUT2D eigenvalue weighted by atomic mass is 32.2. The van der Waals surface area contributed by atoms with Crippen LogP contribution in [0.5, 0.6) is 0 Å². The van der Waals surface area contributed by atoms with Crippen LogP contribution < -0.4 is 0 Å². The van der Waals surface area contributed by atoms with Gasteiger partial charge in [-0.25, -0.2) is 4.39 Å². The van der Waals surface area contributed by atoms with Crippen molar-refractivity contribution in [3.63, 3.8) is 0 Å². The molecule has 0 aliphatic heterocycles. The molecule has 0 aromatic heterocycles. The van der Waals surface area contributed by atoms with E-state index in [0.29, 0.717) is 0 Å². The number of hydrogen-bond acceptors (Lipinski definition) is 3. The molecule has 0 atom stereocenters. The molecule has 0 heterocycles. The average molecular weight is 289 g/mol. The fourth-order valence-electron chi connectivity index (χ4n) is 2.36. The molecule has 0 saturated carbocycles. The molecule has 3 rings (SSSR count). The van der Waals surface area contributed by atoms with Crippen LogP contribution in [-0.2, 0) is 14.3 Å². The van der Waals surface area contributed by atoms with Crippen LogP contribution in [0.3, 0.4) is 0 Å². The Labute approximate surface area is 115 Å². The minimum Gasteiger partial charge on any atom is -0.264 e. The van der Waals surface area contributed by atoms with Gasteiger partial charge in [0.2, 0.25) is 0 Å². The Balaban J connectivity index is 2.68. The van der Waals surface area contributed by atoms with E-state index in [0.717, 1.165) is 0 Å². The number of rotatable bonds is 2. The summed E-state index contributed by atoms with van der Waals surface area (Å²) in [6.45, 7) is 0. The average Bonchev–Trinajstić information content (AvgIpc) is 2.47. The summed E-state index contributed by atoms with van der Waals surface area (Å²) in [5.41, 5.74) is 0. The predicted octanol–water partition coefficient (Wildman–Crippen LogP) is 3.63. The Bertz CT molecular complexity index is 860. The van der Waals surface area contributed by atoms with Gasteiger partial charge in [-0.2, -0.15) is 8.42 Å². The van der Waals surface area contributed by atoms with Gasteiger partial charge < -0.3 is 0 Å². The Kier molecular flexibility index (Phi) is 2.96. The van der Waals surface area contributed by atoms with E-state index in [-0.39, 0.29) is 26.4 Å². The number of hydrogen-bond donors (Lipinski definition) is 0. The van der Waals surface area contributed by atoms with E-state index >= 15 is 0 Å². The van der Waals surface area contributed by atoms with Gasteiger partial charge in [-0.3, -0.25) is 4.18 Å². The fraction of sp³-hybridized carbons (Fsp3) is 0. The third kappa shape index (κ3) is 1.78. The molecule has 0 fully saturated rings. The molecule has 0 amide bonds. The molecule has 0 saturated heterocycles. The lowest BCUT2D eigenvalue weighted by Crippen LogP contribution is -2.04. The minimum atomic E-state index is -4.05. The van der Waals surface area contributed by atoms with E-state index < -0.39 is 15.9 Å². The largest absolute Gasteiger partial charge is 0.298 e. The van der Waals surface area contributed by atoms with Crippen molar-refractivity contribution in [1.29, 1.82) is 0 Å². The Morgan fingerprint density at radius 1 is 0.850 bits per heavy atom. The lowest BCUT2D eigenvalue weighted by atomic mass is 10.0. The zero-order chi connectivity index (χ0) is 14.3. The summed E-state index contributed by atoms with van der Waals surface area (Å²) >= 11 is 0. The van der Waals surface area contributed by atoms with E-state index in [9.17, 15) is 12.8 Å². The van der Waals surface area contributed by atoms with Crippen LogP contribution >= 0.6 is 0 Å². The van der Waals surface area contributed by atoms with E-state index in [2.05, 4.69) is 11.3 Å². The van der Waals surface area contributed by atoms with Gasteiger partial charge in [0.25, 0.3) is 10.1 Å². The van der Waals surface area contributed by atoms with Crippen LogP contribution in [0.25, 0.3) is 21.5 Å². The quantitative estimate of drug-likeness (QED) is 0.534. The van der Waals surface area contributed by atoms with Crippen LogP contribution in [-0.4, -0.2) is 8.42 Å². The van der Waals surface area contributed by atoms with Crippen molar-refractivity contribution >= 4 is 31.7 Å². The smallest absolute Gasteiger partial charge is 0.264 e. The van der Waals surface area contributed by atoms with Crippen molar-refractivity contribution < 1.29 is 17.0 Å². The molecule has 5 heteroatoms. The van der Waals surface area contributed by atoms with Crippen LogP contribution in [0.15, 0.2) is 53.4 Å². The van der Waals surface area contributed by atoms with Gasteiger partial charge in [0.1, 0.15) is 10.7 Å². The molecule has 0 N–H and O–H groups in total. The zero-order valence-electron chi connectivity index (χ0n) is 10.3. The van der Waals surface area contributed by atoms with Gasteiger partial charge >= 0.3 is 0 Å². The van der Waals surface area contributed by atoms with Gasteiger partial charge in [-0.05, 0) is 0 Å². The first kappa shape index (κ1) is 13.0. The van der Waals surface area contributed by atoms with Crippen molar-refractivity contribution in [3.8, 4) is 0 Å². The second-order valence-corrected chi connectivity index (χ2v) is 5.86. The molecule has 0 bridgehead atoms. The van der Waals surface area contributed by atoms with Crippen LogP contribution in [0.4, 0.5) is 4.39 Å². The Morgan fingerprint density at radius 2 is 1.25 bits per heavy atom. The molecule has 3 aromatic rings. The molecule has 3 nitrogen and oxygen atoms in total. The van der Waals surface area contributed by atoms with Crippen LogP contribution in [0.1, 0.15) is 0 Å². The first-order valence-electron chi connectivity index (χ1n) is 5.84. The summed E-state index contributed by atoms with van der Waals surface area (Å²) in [5.74, 6) is -0.445. The number of fused-ring (bicyclic) bond motifs is 2. The van der Waals surface area contributed by atoms with Crippen molar-refractivity contribution in [2.24, 2.45) is 0 Å². The monoisotopic (exact) mass is 289 g/mol. The maximum atomic E-state index is 14.5. The molecule has 1 radical (unpaired) electrons. The van der Waals surface area contributed by atoms with E-state index in [4.69, 9.17) is 0 Å². The predicted molar refractivity (Wildman–Crippen MR) is 75.0 cm³/mol. The third-order valence-electron chi connectivity index (χ3n) is 3.22. The minimum absolute atomic E-state index is 0.0555. The van der Waals surface area contributed by atoms with Gasteiger partial charge in [0, 0.05) is 21.5 Å².